The number of rotatable bonds is 6. The minimum atomic E-state index is 0.0120. The highest BCUT2D eigenvalue weighted by atomic mass is 15.1. The van der Waals surface area contributed by atoms with Gasteiger partial charge in [-0.3, -0.25) is 0 Å². The first-order valence-corrected chi connectivity index (χ1v) is 4.95. The predicted molar refractivity (Wildman–Crippen MR) is 53.3 cm³/mol. The van der Waals surface area contributed by atoms with Gasteiger partial charge < -0.3 is 10.2 Å². The van der Waals surface area contributed by atoms with Crippen LogP contribution in [0.1, 0.15) is 19.3 Å². The predicted octanol–water partition coefficient (Wildman–Crippen LogP) is 0.831. The van der Waals surface area contributed by atoms with Crippen LogP contribution in [0.3, 0.4) is 0 Å². The van der Waals surface area contributed by atoms with Crippen molar-refractivity contribution in [1.82, 2.24) is 10.2 Å². The minimum absolute atomic E-state index is 0.0120. The van der Waals surface area contributed by atoms with Gasteiger partial charge in [0.1, 0.15) is 0 Å². The number of hydrogen-bond acceptors (Lipinski definition) is 3. The van der Waals surface area contributed by atoms with Crippen molar-refractivity contribution in [3.8, 4) is 6.07 Å². The Kier molecular flexibility index (Phi) is 3.71. The molecular weight excluding hydrogens is 162 g/mol. The minimum Gasteiger partial charge on any atom is -0.315 e. The van der Waals surface area contributed by atoms with Gasteiger partial charge in [0.05, 0.1) is 11.5 Å². The van der Waals surface area contributed by atoms with E-state index < -0.39 is 0 Å². The molecule has 0 heterocycles. The van der Waals surface area contributed by atoms with Crippen molar-refractivity contribution in [2.45, 2.75) is 19.3 Å². The van der Waals surface area contributed by atoms with Gasteiger partial charge in [-0.15, -0.1) is 0 Å². The molecule has 0 atom stereocenters. The highest BCUT2D eigenvalue weighted by molar-refractivity contribution is 5.10. The molecule has 0 aromatic heterocycles. The topological polar surface area (TPSA) is 39.1 Å². The van der Waals surface area contributed by atoms with Crippen LogP contribution >= 0.6 is 0 Å². The van der Waals surface area contributed by atoms with E-state index in [4.69, 9.17) is 5.26 Å². The van der Waals surface area contributed by atoms with Gasteiger partial charge in [0.2, 0.25) is 0 Å². The van der Waals surface area contributed by atoms with Crippen LogP contribution < -0.4 is 5.32 Å². The Labute approximate surface area is 80.7 Å². The van der Waals surface area contributed by atoms with Crippen LogP contribution in [-0.2, 0) is 0 Å². The lowest BCUT2D eigenvalue weighted by Gasteiger charge is -2.11. The summed E-state index contributed by atoms with van der Waals surface area (Å²) in [6.45, 7) is 3.03. The van der Waals surface area contributed by atoms with Crippen LogP contribution in [0.5, 0.6) is 0 Å². The molecule has 0 unspecified atom stereocenters. The van der Waals surface area contributed by atoms with Crippen molar-refractivity contribution < 1.29 is 0 Å². The van der Waals surface area contributed by atoms with E-state index in [1.165, 1.54) is 0 Å². The molecule has 1 aliphatic carbocycles. The van der Waals surface area contributed by atoms with Gasteiger partial charge in [-0.05, 0) is 46.4 Å². The quantitative estimate of drug-likeness (QED) is 0.617. The monoisotopic (exact) mass is 181 g/mol. The van der Waals surface area contributed by atoms with Crippen LogP contribution in [0.25, 0.3) is 0 Å². The Bertz CT molecular complexity index is 189. The number of nitrogens with one attached hydrogen (secondary N) is 1. The lowest BCUT2D eigenvalue weighted by molar-refractivity contribution is 0.391. The average Bonchev–Trinajstić information content (AvgIpc) is 2.84. The molecule has 0 saturated heterocycles. The maximum absolute atomic E-state index is 8.80. The number of nitrogens with zero attached hydrogens (tertiary/aromatic N) is 2. The zero-order valence-electron chi connectivity index (χ0n) is 8.64. The molecule has 1 rings (SSSR count). The molecule has 0 aliphatic heterocycles. The lowest BCUT2D eigenvalue weighted by atomic mass is 10.1. The third-order valence-electron chi connectivity index (χ3n) is 2.51. The van der Waals surface area contributed by atoms with E-state index in [0.717, 1.165) is 38.9 Å². The standard InChI is InChI=1S/C10H19N3/c1-13(2)7-3-6-12-9-10(8-11)4-5-10/h12H,3-7,9H2,1-2H3. The van der Waals surface area contributed by atoms with E-state index in [0.29, 0.717) is 0 Å². The van der Waals surface area contributed by atoms with Gasteiger partial charge >= 0.3 is 0 Å². The Morgan fingerprint density at radius 1 is 1.46 bits per heavy atom. The highest BCUT2D eigenvalue weighted by Crippen LogP contribution is 2.43. The second kappa shape index (κ2) is 4.59. The third kappa shape index (κ3) is 3.75. The molecule has 0 bridgehead atoms. The van der Waals surface area contributed by atoms with Crippen LogP contribution in [0.2, 0.25) is 0 Å². The maximum Gasteiger partial charge on any atom is 0.0703 e. The molecule has 1 fully saturated rings. The molecule has 3 heteroatoms. The van der Waals surface area contributed by atoms with E-state index in [-0.39, 0.29) is 5.41 Å². The SMILES string of the molecule is CN(C)CCCNCC1(C#N)CC1. The van der Waals surface area contributed by atoms with Crippen LogP contribution in [0, 0.1) is 16.7 Å². The fourth-order valence-corrected chi connectivity index (χ4v) is 1.33. The second-order valence-electron chi connectivity index (χ2n) is 4.23. The van der Waals surface area contributed by atoms with Crippen molar-refractivity contribution in [2.75, 3.05) is 33.7 Å². The molecule has 1 saturated carbocycles. The van der Waals surface area contributed by atoms with Crippen molar-refractivity contribution >= 4 is 0 Å². The largest absolute Gasteiger partial charge is 0.315 e. The van der Waals surface area contributed by atoms with Gasteiger partial charge in [-0.2, -0.15) is 5.26 Å². The van der Waals surface area contributed by atoms with Crippen LogP contribution in [-0.4, -0.2) is 38.6 Å². The number of hydrogen-bond donors (Lipinski definition) is 1. The first kappa shape index (κ1) is 10.5. The van der Waals surface area contributed by atoms with Gasteiger partial charge in [-0.1, -0.05) is 0 Å². The lowest BCUT2D eigenvalue weighted by Crippen LogP contribution is -2.26. The Morgan fingerprint density at radius 2 is 2.15 bits per heavy atom. The van der Waals surface area contributed by atoms with Gasteiger partial charge in [0, 0.05) is 6.54 Å². The molecule has 1 N–H and O–H groups in total. The summed E-state index contributed by atoms with van der Waals surface area (Å²) in [6, 6.07) is 2.38. The maximum atomic E-state index is 8.80. The summed E-state index contributed by atoms with van der Waals surface area (Å²) in [5.74, 6) is 0. The molecule has 0 radical (unpaired) electrons. The fraction of sp³-hybridized carbons (Fsp3) is 0.900. The first-order valence-electron chi connectivity index (χ1n) is 4.95. The van der Waals surface area contributed by atoms with E-state index >= 15 is 0 Å². The summed E-state index contributed by atoms with van der Waals surface area (Å²) >= 11 is 0. The van der Waals surface area contributed by atoms with Crippen molar-refractivity contribution in [2.24, 2.45) is 5.41 Å². The molecule has 74 valence electrons. The Morgan fingerprint density at radius 3 is 2.62 bits per heavy atom. The third-order valence-corrected chi connectivity index (χ3v) is 2.51. The summed E-state index contributed by atoms with van der Waals surface area (Å²) in [6.07, 6.45) is 3.34. The summed E-state index contributed by atoms with van der Waals surface area (Å²) in [7, 11) is 4.16. The van der Waals surface area contributed by atoms with E-state index in [9.17, 15) is 0 Å². The normalized spacial score (nSPS) is 18.6. The van der Waals surface area contributed by atoms with Crippen molar-refractivity contribution in [3.05, 3.63) is 0 Å². The van der Waals surface area contributed by atoms with E-state index in [1.54, 1.807) is 0 Å². The molecule has 0 amide bonds. The molecule has 1 aliphatic rings. The Balaban J connectivity index is 1.93. The summed E-state index contributed by atoms with van der Waals surface area (Å²) in [5, 5.41) is 12.1. The summed E-state index contributed by atoms with van der Waals surface area (Å²) in [4.78, 5) is 2.18. The van der Waals surface area contributed by atoms with E-state index in [2.05, 4.69) is 30.4 Å². The smallest absolute Gasteiger partial charge is 0.0703 e. The molecule has 13 heavy (non-hydrogen) atoms. The van der Waals surface area contributed by atoms with Gasteiger partial charge in [-0.25, -0.2) is 0 Å². The number of nitriles is 1. The molecule has 3 nitrogen and oxygen atoms in total. The first-order chi connectivity index (χ1) is 6.18. The van der Waals surface area contributed by atoms with E-state index in [1.807, 2.05) is 0 Å². The summed E-state index contributed by atoms with van der Waals surface area (Å²) in [5.41, 5.74) is 0.0120. The van der Waals surface area contributed by atoms with Gasteiger partial charge in [0.15, 0.2) is 0 Å². The Hall–Kier alpha value is -0.590. The second-order valence-corrected chi connectivity index (χ2v) is 4.23. The summed E-state index contributed by atoms with van der Waals surface area (Å²) < 4.78 is 0. The van der Waals surface area contributed by atoms with Gasteiger partial charge in [0.25, 0.3) is 0 Å². The molecule has 0 aromatic rings. The van der Waals surface area contributed by atoms with Crippen LogP contribution in [0.15, 0.2) is 0 Å². The van der Waals surface area contributed by atoms with Crippen LogP contribution in [0.4, 0.5) is 0 Å². The zero-order valence-corrected chi connectivity index (χ0v) is 8.64. The molecule has 0 spiro atoms. The molecule has 0 aromatic carbocycles. The molecular formula is C10H19N3. The average molecular weight is 181 g/mol. The zero-order chi connectivity index (χ0) is 9.73. The highest BCUT2D eigenvalue weighted by Gasteiger charge is 2.42. The van der Waals surface area contributed by atoms with Crippen molar-refractivity contribution in [1.29, 1.82) is 5.26 Å². The fourth-order valence-electron chi connectivity index (χ4n) is 1.33. The van der Waals surface area contributed by atoms with Crippen molar-refractivity contribution in [3.63, 3.8) is 0 Å².